The lowest BCUT2D eigenvalue weighted by molar-refractivity contribution is -0.114. The van der Waals surface area contributed by atoms with Crippen molar-refractivity contribution in [1.29, 1.82) is 0 Å². The summed E-state index contributed by atoms with van der Waals surface area (Å²) in [5, 5.41) is 5.67. The summed E-state index contributed by atoms with van der Waals surface area (Å²) in [5.74, 6) is 1.02. The smallest absolute Gasteiger partial charge is 0.240 e. The first-order valence-corrected chi connectivity index (χ1v) is 10.7. The van der Waals surface area contributed by atoms with Crippen LogP contribution in [-0.4, -0.2) is 46.9 Å². The fourth-order valence-corrected chi connectivity index (χ4v) is 3.72. The molecule has 0 saturated heterocycles. The van der Waals surface area contributed by atoms with Gasteiger partial charge in [-0.05, 0) is 38.1 Å². The number of hydrogen-bond donors (Lipinski definition) is 3. The summed E-state index contributed by atoms with van der Waals surface area (Å²) in [6, 6.07) is 7.72. The predicted octanol–water partition coefficient (Wildman–Crippen LogP) is 1.63. The van der Waals surface area contributed by atoms with Gasteiger partial charge in [0.1, 0.15) is 24.3 Å². The number of nitrogens with zero attached hydrogens (tertiary/aromatic N) is 4. The minimum Gasteiger partial charge on any atom is -0.369 e. The Morgan fingerprint density at radius 2 is 1.80 bits per heavy atom. The Kier molecular flexibility index (Phi) is 6.43. The Bertz CT molecular complexity index is 1140. The standard InChI is InChI=1S/C19H23N7O3S/c1-13-14(2)26(12-23-13)19-10-18(21-11-22-19)20-8-9-24-30(28,29)17-6-4-16(5-7-17)25-15(3)27/h4-7,10-12,24H,8-9H2,1-3H3,(H,25,27)(H,20,21,22). The monoisotopic (exact) mass is 429 g/mol. The molecule has 10 nitrogen and oxygen atoms in total. The van der Waals surface area contributed by atoms with E-state index < -0.39 is 10.0 Å². The molecular weight excluding hydrogens is 406 g/mol. The van der Waals surface area contributed by atoms with Gasteiger partial charge in [0.25, 0.3) is 0 Å². The number of aryl methyl sites for hydroxylation is 1. The Hall–Kier alpha value is -3.31. The molecule has 0 aliphatic carbocycles. The lowest BCUT2D eigenvalue weighted by Crippen LogP contribution is -2.29. The van der Waals surface area contributed by atoms with Crippen LogP contribution in [-0.2, 0) is 14.8 Å². The van der Waals surface area contributed by atoms with Crippen LogP contribution in [0.5, 0.6) is 0 Å². The number of carbonyl (C=O) groups is 1. The van der Waals surface area contributed by atoms with E-state index in [1.807, 2.05) is 18.4 Å². The Balaban J connectivity index is 1.56. The van der Waals surface area contributed by atoms with Gasteiger partial charge in [-0.15, -0.1) is 0 Å². The quantitative estimate of drug-likeness (QED) is 0.464. The number of rotatable bonds is 8. The maximum atomic E-state index is 12.4. The van der Waals surface area contributed by atoms with Crippen LogP contribution < -0.4 is 15.4 Å². The van der Waals surface area contributed by atoms with Crippen LogP contribution in [0.2, 0.25) is 0 Å². The van der Waals surface area contributed by atoms with E-state index in [4.69, 9.17) is 0 Å². The maximum absolute atomic E-state index is 12.4. The van der Waals surface area contributed by atoms with Crippen LogP contribution in [0.3, 0.4) is 0 Å². The van der Waals surface area contributed by atoms with E-state index >= 15 is 0 Å². The number of aromatic nitrogens is 4. The van der Waals surface area contributed by atoms with Crippen molar-refractivity contribution in [3.63, 3.8) is 0 Å². The number of imidazole rings is 1. The molecule has 0 aliphatic heterocycles. The normalized spacial score (nSPS) is 11.3. The molecule has 0 saturated carbocycles. The summed E-state index contributed by atoms with van der Waals surface area (Å²) in [6.07, 6.45) is 3.13. The Morgan fingerprint density at radius 3 is 2.43 bits per heavy atom. The molecule has 0 aliphatic rings. The van der Waals surface area contributed by atoms with Crippen molar-refractivity contribution >= 4 is 27.4 Å². The average molecular weight is 430 g/mol. The zero-order valence-electron chi connectivity index (χ0n) is 16.9. The van der Waals surface area contributed by atoms with Crippen LogP contribution in [0.1, 0.15) is 18.3 Å². The maximum Gasteiger partial charge on any atom is 0.240 e. The summed E-state index contributed by atoms with van der Waals surface area (Å²) >= 11 is 0. The minimum absolute atomic E-state index is 0.117. The van der Waals surface area contributed by atoms with E-state index in [0.29, 0.717) is 23.9 Å². The molecule has 0 unspecified atom stereocenters. The molecule has 1 amide bonds. The van der Waals surface area contributed by atoms with E-state index in [1.54, 1.807) is 12.4 Å². The van der Waals surface area contributed by atoms with Gasteiger partial charge >= 0.3 is 0 Å². The number of amides is 1. The fraction of sp³-hybridized carbons (Fsp3) is 0.263. The molecule has 3 aromatic rings. The molecule has 0 radical (unpaired) electrons. The second-order valence-electron chi connectivity index (χ2n) is 6.58. The van der Waals surface area contributed by atoms with E-state index in [2.05, 4.69) is 30.3 Å². The molecule has 0 fully saturated rings. The lowest BCUT2D eigenvalue weighted by Gasteiger charge is -2.10. The molecule has 30 heavy (non-hydrogen) atoms. The summed E-state index contributed by atoms with van der Waals surface area (Å²) < 4.78 is 29.2. The van der Waals surface area contributed by atoms with Gasteiger partial charge < -0.3 is 10.6 Å². The first-order chi connectivity index (χ1) is 14.3. The van der Waals surface area contributed by atoms with Gasteiger partial charge in [-0.3, -0.25) is 9.36 Å². The molecule has 11 heteroatoms. The number of anilines is 2. The third-order valence-corrected chi connectivity index (χ3v) is 5.84. The minimum atomic E-state index is -3.66. The van der Waals surface area contributed by atoms with Crippen LogP contribution in [0, 0.1) is 13.8 Å². The van der Waals surface area contributed by atoms with E-state index in [1.165, 1.54) is 37.5 Å². The molecule has 2 aromatic heterocycles. The van der Waals surface area contributed by atoms with Crippen LogP contribution >= 0.6 is 0 Å². The Labute approximate surface area is 174 Å². The topological polar surface area (TPSA) is 131 Å². The first-order valence-electron chi connectivity index (χ1n) is 9.20. The van der Waals surface area contributed by atoms with Crippen molar-refractivity contribution in [2.45, 2.75) is 25.7 Å². The highest BCUT2D eigenvalue weighted by atomic mass is 32.2. The van der Waals surface area contributed by atoms with Gasteiger partial charge in [-0.2, -0.15) is 0 Å². The molecule has 2 heterocycles. The van der Waals surface area contributed by atoms with Crippen molar-refractivity contribution in [2.24, 2.45) is 0 Å². The van der Waals surface area contributed by atoms with Crippen LogP contribution in [0.25, 0.3) is 5.82 Å². The summed E-state index contributed by atoms with van der Waals surface area (Å²) in [5.41, 5.74) is 2.44. The second kappa shape index (κ2) is 9.01. The van der Waals surface area contributed by atoms with Crippen molar-refractivity contribution in [3.05, 3.63) is 54.4 Å². The van der Waals surface area contributed by atoms with E-state index in [0.717, 1.165) is 11.4 Å². The zero-order valence-corrected chi connectivity index (χ0v) is 17.7. The summed E-state index contributed by atoms with van der Waals surface area (Å²) in [6.45, 7) is 5.76. The average Bonchev–Trinajstić information content (AvgIpc) is 3.04. The SMILES string of the molecule is CC(=O)Nc1ccc(S(=O)(=O)NCCNc2cc(-n3cnc(C)c3C)ncn2)cc1. The third-order valence-electron chi connectivity index (χ3n) is 4.36. The number of hydrogen-bond acceptors (Lipinski definition) is 7. The number of benzene rings is 1. The molecule has 0 atom stereocenters. The molecule has 158 valence electrons. The number of sulfonamides is 1. The van der Waals surface area contributed by atoms with Gasteiger partial charge in [0.15, 0.2) is 0 Å². The molecule has 1 aromatic carbocycles. The second-order valence-corrected chi connectivity index (χ2v) is 8.34. The predicted molar refractivity (Wildman–Crippen MR) is 113 cm³/mol. The van der Waals surface area contributed by atoms with E-state index in [9.17, 15) is 13.2 Å². The third kappa shape index (κ3) is 5.19. The molecule has 0 spiro atoms. The fourth-order valence-electron chi connectivity index (χ4n) is 2.69. The number of carbonyl (C=O) groups excluding carboxylic acids is 1. The van der Waals surface area contributed by atoms with Crippen LogP contribution in [0.4, 0.5) is 11.5 Å². The van der Waals surface area contributed by atoms with Gasteiger partial charge in [0, 0.05) is 37.5 Å². The van der Waals surface area contributed by atoms with Crippen molar-refractivity contribution < 1.29 is 13.2 Å². The molecule has 0 bridgehead atoms. The van der Waals surface area contributed by atoms with Gasteiger partial charge in [0.05, 0.1) is 10.6 Å². The van der Waals surface area contributed by atoms with Gasteiger partial charge in [-0.1, -0.05) is 0 Å². The highest BCUT2D eigenvalue weighted by molar-refractivity contribution is 7.89. The molecule has 3 N–H and O–H groups in total. The van der Waals surface area contributed by atoms with Gasteiger partial charge in [0.2, 0.25) is 15.9 Å². The van der Waals surface area contributed by atoms with E-state index in [-0.39, 0.29) is 17.3 Å². The first kappa shape index (κ1) is 21.4. The molecular formula is C19H23N7O3S. The summed E-state index contributed by atoms with van der Waals surface area (Å²) in [7, 11) is -3.66. The van der Waals surface area contributed by atoms with Crippen molar-refractivity contribution in [3.8, 4) is 5.82 Å². The largest absolute Gasteiger partial charge is 0.369 e. The van der Waals surface area contributed by atoms with Crippen molar-refractivity contribution in [2.75, 3.05) is 23.7 Å². The zero-order chi connectivity index (χ0) is 21.7. The highest BCUT2D eigenvalue weighted by Gasteiger charge is 2.13. The van der Waals surface area contributed by atoms with Crippen molar-refractivity contribution in [1.82, 2.24) is 24.2 Å². The highest BCUT2D eigenvalue weighted by Crippen LogP contribution is 2.15. The summed E-state index contributed by atoms with van der Waals surface area (Å²) in [4.78, 5) is 23.8. The lowest BCUT2D eigenvalue weighted by atomic mass is 10.3. The van der Waals surface area contributed by atoms with Crippen LogP contribution in [0.15, 0.2) is 47.9 Å². The van der Waals surface area contributed by atoms with Gasteiger partial charge in [-0.25, -0.2) is 28.1 Å². The Morgan fingerprint density at radius 1 is 1.07 bits per heavy atom. The molecule has 3 rings (SSSR count). The number of nitrogens with one attached hydrogen (secondary N) is 3.